The van der Waals surface area contributed by atoms with Crippen molar-refractivity contribution in [2.45, 2.75) is 0 Å². The minimum Gasteiger partial charge on any atom is -0.497 e. The molecule has 0 spiro atoms. The number of esters is 1. The smallest absolute Gasteiger partial charge is 0.331 e. The quantitative estimate of drug-likeness (QED) is 0.565. The third-order valence-electron chi connectivity index (χ3n) is 3.56. The van der Waals surface area contributed by atoms with Gasteiger partial charge in [0.05, 0.1) is 25.5 Å². The van der Waals surface area contributed by atoms with E-state index in [1.165, 1.54) is 44.6 Å². The molecule has 0 radical (unpaired) electrons. The van der Waals surface area contributed by atoms with E-state index in [0.717, 1.165) is 0 Å². The number of amides is 1. The molecule has 2 rings (SSSR count). The number of rotatable bonds is 7. The van der Waals surface area contributed by atoms with Gasteiger partial charge in [0.2, 0.25) is 0 Å². The van der Waals surface area contributed by atoms with Gasteiger partial charge in [0.1, 0.15) is 17.6 Å². The normalized spacial score (nSPS) is 10.2. The van der Waals surface area contributed by atoms with Crippen LogP contribution in [0.3, 0.4) is 0 Å². The second kappa shape index (κ2) is 10.00. The number of anilines is 1. The highest BCUT2D eigenvalue weighted by atomic mass is 35.5. The van der Waals surface area contributed by atoms with Gasteiger partial charge in [-0.15, -0.1) is 0 Å². The van der Waals surface area contributed by atoms with Crippen LogP contribution in [-0.2, 0) is 14.3 Å². The molecule has 0 bridgehead atoms. The first-order chi connectivity index (χ1) is 13.5. The number of benzene rings is 2. The number of methoxy groups -OCH3 is 2. The highest BCUT2D eigenvalue weighted by molar-refractivity contribution is 6.31. The SMILES string of the molecule is COc1ccc(OC)c(/C=C/C(=O)OCC(=O)Nc2cc(Cl)ccc2C#N)c1. The molecule has 8 heteroatoms. The van der Waals surface area contributed by atoms with Gasteiger partial charge in [-0.3, -0.25) is 4.79 Å². The minimum atomic E-state index is -0.716. The van der Waals surface area contributed by atoms with E-state index in [0.29, 0.717) is 22.1 Å². The summed E-state index contributed by atoms with van der Waals surface area (Å²) < 4.78 is 15.3. The largest absolute Gasteiger partial charge is 0.497 e. The predicted molar refractivity (Wildman–Crippen MR) is 104 cm³/mol. The molecule has 1 amide bonds. The topological polar surface area (TPSA) is 97.7 Å². The molecule has 0 unspecified atom stereocenters. The average Bonchev–Trinajstić information content (AvgIpc) is 2.70. The standard InChI is InChI=1S/C20H17ClN2O5/c1-26-16-6-7-18(27-2)13(9-16)4-8-20(25)28-12-19(24)23-17-10-15(21)5-3-14(17)11-22/h3-10H,12H2,1-2H3,(H,23,24)/b8-4+. The lowest BCUT2D eigenvalue weighted by molar-refractivity contribution is -0.142. The summed E-state index contributed by atoms with van der Waals surface area (Å²) in [7, 11) is 3.03. The fraction of sp³-hybridized carbons (Fsp3) is 0.150. The summed E-state index contributed by atoms with van der Waals surface area (Å²) in [5, 5.41) is 11.9. The Morgan fingerprint density at radius 2 is 1.96 bits per heavy atom. The van der Waals surface area contributed by atoms with Crippen molar-refractivity contribution in [3.05, 3.63) is 58.6 Å². The fourth-order valence-corrected chi connectivity index (χ4v) is 2.39. The number of nitrogens with one attached hydrogen (secondary N) is 1. The number of nitriles is 1. The second-order valence-corrected chi connectivity index (χ2v) is 5.84. The molecule has 0 saturated carbocycles. The second-order valence-electron chi connectivity index (χ2n) is 5.40. The van der Waals surface area contributed by atoms with E-state index in [4.69, 9.17) is 31.1 Å². The minimum absolute atomic E-state index is 0.243. The molecule has 0 aliphatic heterocycles. The summed E-state index contributed by atoms with van der Waals surface area (Å²) in [6, 6.07) is 11.5. The van der Waals surface area contributed by atoms with Crippen molar-refractivity contribution >= 4 is 35.2 Å². The fourth-order valence-electron chi connectivity index (χ4n) is 2.22. The highest BCUT2D eigenvalue weighted by Crippen LogP contribution is 2.25. The van der Waals surface area contributed by atoms with Crippen LogP contribution in [0.15, 0.2) is 42.5 Å². The molecule has 0 atom stereocenters. The van der Waals surface area contributed by atoms with Crippen molar-refractivity contribution < 1.29 is 23.8 Å². The van der Waals surface area contributed by atoms with Crippen molar-refractivity contribution in [3.63, 3.8) is 0 Å². The van der Waals surface area contributed by atoms with Crippen molar-refractivity contribution in [1.82, 2.24) is 0 Å². The van der Waals surface area contributed by atoms with Crippen LogP contribution in [0.2, 0.25) is 5.02 Å². The number of halogens is 1. The molecule has 7 nitrogen and oxygen atoms in total. The van der Waals surface area contributed by atoms with Crippen molar-refractivity contribution in [2.75, 3.05) is 26.1 Å². The summed E-state index contributed by atoms with van der Waals surface area (Å²) in [5.74, 6) is -0.165. The van der Waals surface area contributed by atoms with Gasteiger partial charge in [-0.05, 0) is 42.5 Å². The molecule has 1 N–H and O–H groups in total. The van der Waals surface area contributed by atoms with Crippen LogP contribution in [0.1, 0.15) is 11.1 Å². The molecule has 0 aromatic heterocycles. The van der Waals surface area contributed by atoms with Crippen LogP contribution >= 0.6 is 11.6 Å². The Labute approximate surface area is 167 Å². The average molecular weight is 401 g/mol. The Morgan fingerprint density at radius 1 is 1.18 bits per heavy atom. The lowest BCUT2D eigenvalue weighted by Gasteiger charge is -2.08. The summed E-state index contributed by atoms with van der Waals surface area (Å²) in [5.41, 5.74) is 1.10. The maximum absolute atomic E-state index is 12.0. The molecule has 2 aromatic rings. The van der Waals surface area contributed by atoms with E-state index >= 15 is 0 Å². The van der Waals surface area contributed by atoms with Gasteiger partial charge in [0, 0.05) is 16.7 Å². The Hall–Kier alpha value is -3.50. The molecule has 28 heavy (non-hydrogen) atoms. The Morgan fingerprint density at radius 3 is 2.64 bits per heavy atom. The zero-order chi connectivity index (χ0) is 20.5. The lowest BCUT2D eigenvalue weighted by Crippen LogP contribution is -2.20. The van der Waals surface area contributed by atoms with Crippen LogP contribution in [0.4, 0.5) is 5.69 Å². The van der Waals surface area contributed by atoms with E-state index in [2.05, 4.69) is 5.32 Å². The van der Waals surface area contributed by atoms with Gasteiger partial charge < -0.3 is 19.5 Å². The predicted octanol–water partition coefficient (Wildman–Crippen LogP) is 3.42. The van der Waals surface area contributed by atoms with E-state index in [9.17, 15) is 9.59 Å². The Kier molecular flexibility index (Phi) is 7.43. The summed E-state index contributed by atoms with van der Waals surface area (Å²) in [4.78, 5) is 23.8. The molecule has 0 aliphatic rings. The molecular formula is C20H17ClN2O5. The zero-order valence-corrected chi connectivity index (χ0v) is 15.9. The Bertz CT molecular complexity index is 950. The summed E-state index contributed by atoms with van der Waals surface area (Å²) in [6.45, 7) is -0.518. The van der Waals surface area contributed by atoms with Gasteiger partial charge in [-0.25, -0.2) is 4.79 Å². The van der Waals surface area contributed by atoms with Crippen LogP contribution in [0.25, 0.3) is 6.08 Å². The van der Waals surface area contributed by atoms with Crippen molar-refractivity contribution in [3.8, 4) is 17.6 Å². The first-order valence-corrected chi connectivity index (χ1v) is 8.41. The first kappa shape index (κ1) is 20.8. The van der Waals surface area contributed by atoms with Crippen LogP contribution in [-0.4, -0.2) is 32.7 Å². The van der Waals surface area contributed by atoms with Gasteiger partial charge in [0.15, 0.2) is 6.61 Å². The van der Waals surface area contributed by atoms with Gasteiger partial charge in [0.25, 0.3) is 5.91 Å². The molecule has 144 valence electrons. The maximum atomic E-state index is 12.0. The highest BCUT2D eigenvalue weighted by Gasteiger charge is 2.10. The van der Waals surface area contributed by atoms with Crippen LogP contribution in [0.5, 0.6) is 11.5 Å². The third kappa shape index (κ3) is 5.76. The third-order valence-corrected chi connectivity index (χ3v) is 3.79. The molecular weight excluding hydrogens is 384 g/mol. The van der Waals surface area contributed by atoms with E-state index in [1.807, 2.05) is 6.07 Å². The number of carbonyl (C=O) groups is 2. The van der Waals surface area contributed by atoms with Gasteiger partial charge >= 0.3 is 5.97 Å². The monoisotopic (exact) mass is 400 g/mol. The molecule has 0 fully saturated rings. The van der Waals surface area contributed by atoms with Gasteiger partial charge in [-0.1, -0.05) is 11.6 Å². The number of carbonyl (C=O) groups excluding carboxylic acids is 2. The number of nitrogens with zero attached hydrogens (tertiary/aromatic N) is 1. The number of hydrogen-bond donors (Lipinski definition) is 1. The molecule has 0 saturated heterocycles. The summed E-state index contributed by atoms with van der Waals surface area (Å²) >= 11 is 5.86. The molecule has 0 aliphatic carbocycles. The van der Waals surface area contributed by atoms with Crippen molar-refractivity contribution in [2.24, 2.45) is 0 Å². The van der Waals surface area contributed by atoms with E-state index < -0.39 is 18.5 Å². The van der Waals surface area contributed by atoms with E-state index in [1.54, 1.807) is 18.2 Å². The lowest BCUT2D eigenvalue weighted by atomic mass is 10.1. The van der Waals surface area contributed by atoms with Crippen LogP contribution in [0, 0.1) is 11.3 Å². The Balaban J connectivity index is 1.96. The van der Waals surface area contributed by atoms with Gasteiger partial charge in [-0.2, -0.15) is 5.26 Å². The zero-order valence-electron chi connectivity index (χ0n) is 15.2. The van der Waals surface area contributed by atoms with Crippen molar-refractivity contribution in [1.29, 1.82) is 5.26 Å². The van der Waals surface area contributed by atoms with E-state index in [-0.39, 0.29) is 11.3 Å². The number of ether oxygens (including phenoxy) is 3. The number of hydrogen-bond acceptors (Lipinski definition) is 6. The first-order valence-electron chi connectivity index (χ1n) is 8.03. The molecule has 2 aromatic carbocycles. The maximum Gasteiger partial charge on any atom is 0.331 e. The molecule has 0 heterocycles. The van der Waals surface area contributed by atoms with Crippen LogP contribution < -0.4 is 14.8 Å². The summed E-state index contributed by atoms with van der Waals surface area (Å²) in [6.07, 6.45) is 2.66.